The Morgan fingerprint density at radius 2 is 1.92 bits per heavy atom. The van der Waals surface area contributed by atoms with Gasteiger partial charge >= 0.3 is 0 Å². The largest absolute Gasteiger partial charge is 0.489 e. The molecule has 7 heteroatoms. The number of benzene rings is 2. The molecule has 0 N–H and O–H groups in total. The van der Waals surface area contributed by atoms with E-state index in [9.17, 15) is 8.42 Å². The summed E-state index contributed by atoms with van der Waals surface area (Å²) < 4.78 is 38.0. The first-order chi connectivity index (χ1) is 12.5. The highest BCUT2D eigenvalue weighted by Gasteiger charge is 2.26. The molecule has 0 aliphatic carbocycles. The van der Waals surface area contributed by atoms with E-state index in [4.69, 9.17) is 21.1 Å². The van der Waals surface area contributed by atoms with Gasteiger partial charge in [-0.05, 0) is 47.9 Å². The van der Waals surface area contributed by atoms with Crippen molar-refractivity contribution in [3.63, 3.8) is 0 Å². The molecule has 0 atom stereocenters. The number of sulfonamides is 1. The zero-order valence-corrected chi connectivity index (χ0v) is 16.2. The summed E-state index contributed by atoms with van der Waals surface area (Å²) in [6, 6.07) is 12.4. The fourth-order valence-electron chi connectivity index (χ4n) is 2.81. The summed E-state index contributed by atoms with van der Waals surface area (Å²) >= 11 is 6.12. The first-order valence-corrected chi connectivity index (χ1v) is 10.4. The van der Waals surface area contributed by atoms with Gasteiger partial charge in [0.2, 0.25) is 10.0 Å². The second-order valence-electron chi connectivity index (χ2n) is 6.06. The fraction of sp³-hybridized carbons (Fsp3) is 0.368. The Hall–Kier alpha value is -1.60. The van der Waals surface area contributed by atoms with E-state index in [1.165, 1.54) is 4.31 Å². The number of nitrogens with zero attached hydrogens (tertiary/aromatic N) is 1. The van der Waals surface area contributed by atoms with Gasteiger partial charge in [0, 0.05) is 18.1 Å². The van der Waals surface area contributed by atoms with Crippen molar-refractivity contribution in [1.29, 1.82) is 0 Å². The van der Waals surface area contributed by atoms with E-state index < -0.39 is 10.0 Å². The van der Waals surface area contributed by atoms with Gasteiger partial charge in [0.15, 0.2) is 0 Å². The van der Waals surface area contributed by atoms with Crippen molar-refractivity contribution in [2.45, 2.75) is 24.8 Å². The number of morpholine rings is 1. The normalized spacial score (nSPS) is 15.8. The van der Waals surface area contributed by atoms with Gasteiger partial charge in [-0.2, -0.15) is 4.31 Å². The minimum atomic E-state index is -3.50. The Morgan fingerprint density at radius 1 is 1.15 bits per heavy atom. The average Bonchev–Trinajstić information content (AvgIpc) is 2.68. The number of ether oxygens (including phenoxy) is 2. The molecule has 2 aromatic rings. The van der Waals surface area contributed by atoms with Crippen molar-refractivity contribution in [1.82, 2.24) is 4.31 Å². The van der Waals surface area contributed by atoms with Crippen LogP contribution in [0.15, 0.2) is 47.4 Å². The summed E-state index contributed by atoms with van der Waals surface area (Å²) in [5.74, 6) is 0.715. The Morgan fingerprint density at radius 3 is 2.65 bits per heavy atom. The number of halogens is 1. The number of hydrogen-bond acceptors (Lipinski definition) is 4. The minimum Gasteiger partial charge on any atom is -0.489 e. The number of aryl methyl sites for hydroxylation is 1. The van der Waals surface area contributed by atoms with Gasteiger partial charge in [0.1, 0.15) is 12.4 Å². The minimum absolute atomic E-state index is 0.283. The lowest BCUT2D eigenvalue weighted by atomic mass is 10.1. The predicted molar refractivity (Wildman–Crippen MR) is 101 cm³/mol. The highest BCUT2D eigenvalue weighted by atomic mass is 35.5. The van der Waals surface area contributed by atoms with Crippen molar-refractivity contribution in [2.75, 3.05) is 26.3 Å². The quantitative estimate of drug-likeness (QED) is 0.751. The molecule has 0 saturated carbocycles. The summed E-state index contributed by atoms with van der Waals surface area (Å²) in [6.45, 7) is 3.94. The molecule has 0 spiro atoms. The predicted octanol–water partition coefficient (Wildman–Crippen LogP) is 3.50. The molecule has 5 nitrogen and oxygen atoms in total. The van der Waals surface area contributed by atoms with Crippen LogP contribution >= 0.6 is 11.6 Å². The molecule has 2 aromatic carbocycles. The Bertz CT molecular complexity index is 864. The molecule has 1 saturated heterocycles. The maximum absolute atomic E-state index is 12.7. The summed E-state index contributed by atoms with van der Waals surface area (Å²) in [4.78, 5) is 0.283. The topological polar surface area (TPSA) is 55.8 Å². The summed E-state index contributed by atoms with van der Waals surface area (Å²) in [7, 11) is -3.50. The third kappa shape index (κ3) is 4.38. The Balaban J connectivity index is 1.73. The standard InChI is InChI=1S/C19H22ClNO4S/c1-2-16-13-17(6-7-19(16)20)25-14-15-4-3-5-18(12-15)26(22,23)21-8-10-24-11-9-21/h3-7,12-13H,2,8-11,14H2,1H3. The second kappa shape index (κ2) is 8.39. The molecule has 1 aliphatic rings. The molecule has 0 amide bonds. The average molecular weight is 396 g/mol. The zero-order chi connectivity index (χ0) is 18.6. The SMILES string of the molecule is CCc1cc(OCc2cccc(S(=O)(=O)N3CCOCC3)c2)ccc1Cl. The van der Waals surface area contributed by atoms with E-state index in [0.29, 0.717) is 32.1 Å². The zero-order valence-electron chi connectivity index (χ0n) is 14.7. The van der Waals surface area contributed by atoms with Crippen LogP contribution in [-0.2, 0) is 27.8 Å². The van der Waals surface area contributed by atoms with Crippen LogP contribution in [0.2, 0.25) is 5.02 Å². The second-order valence-corrected chi connectivity index (χ2v) is 8.40. The third-order valence-corrected chi connectivity index (χ3v) is 6.57. The smallest absolute Gasteiger partial charge is 0.243 e. The van der Waals surface area contributed by atoms with E-state index in [2.05, 4.69) is 0 Å². The highest BCUT2D eigenvalue weighted by Crippen LogP contribution is 2.24. The first kappa shape index (κ1) is 19.2. The third-order valence-electron chi connectivity index (χ3n) is 4.31. The fourth-order valence-corrected chi connectivity index (χ4v) is 4.54. The molecule has 140 valence electrons. The maximum Gasteiger partial charge on any atom is 0.243 e. The molecule has 0 radical (unpaired) electrons. The number of rotatable bonds is 6. The van der Waals surface area contributed by atoms with Gasteiger partial charge < -0.3 is 9.47 Å². The van der Waals surface area contributed by atoms with Crippen molar-refractivity contribution < 1.29 is 17.9 Å². The van der Waals surface area contributed by atoms with Crippen LogP contribution < -0.4 is 4.74 Å². The summed E-state index contributed by atoms with van der Waals surface area (Å²) in [6.07, 6.45) is 0.823. The molecule has 0 bridgehead atoms. The van der Waals surface area contributed by atoms with Crippen LogP contribution in [0.4, 0.5) is 0 Å². The number of hydrogen-bond donors (Lipinski definition) is 0. The lowest BCUT2D eigenvalue weighted by Crippen LogP contribution is -2.40. The lowest BCUT2D eigenvalue weighted by molar-refractivity contribution is 0.0730. The summed E-state index contributed by atoms with van der Waals surface area (Å²) in [5.41, 5.74) is 1.82. The van der Waals surface area contributed by atoms with Crippen molar-refractivity contribution in [3.8, 4) is 5.75 Å². The molecule has 1 heterocycles. The molecule has 1 fully saturated rings. The van der Waals surface area contributed by atoms with Gasteiger partial charge in [-0.1, -0.05) is 30.7 Å². The molecule has 0 unspecified atom stereocenters. The maximum atomic E-state index is 12.7. The molecule has 1 aliphatic heterocycles. The van der Waals surface area contributed by atoms with E-state index >= 15 is 0 Å². The van der Waals surface area contributed by atoms with Crippen LogP contribution in [0.3, 0.4) is 0 Å². The van der Waals surface area contributed by atoms with E-state index in [-0.39, 0.29) is 11.5 Å². The van der Waals surface area contributed by atoms with Crippen molar-refractivity contribution in [2.24, 2.45) is 0 Å². The van der Waals surface area contributed by atoms with Crippen LogP contribution in [-0.4, -0.2) is 39.0 Å². The van der Waals surface area contributed by atoms with E-state index in [1.54, 1.807) is 18.2 Å². The van der Waals surface area contributed by atoms with Gasteiger partial charge in [0.25, 0.3) is 0 Å². The first-order valence-electron chi connectivity index (χ1n) is 8.59. The summed E-state index contributed by atoms with van der Waals surface area (Å²) in [5, 5.41) is 0.721. The lowest BCUT2D eigenvalue weighted by Gasteiger charge is -2.26. The van der Waals surface area contributed by atoms with E-state index in [1.807, 2.05) is 31.2 Å². The monoisotopic (exact) mass is 395 g/mol. The van der Waals surface area contributed by atoms with Crippen molar-refractivity contribution >= 4 is 21.6 Å². The van der Waals surface area contributed by atoms with Crippen LogP contribution in [0.1, 0.15) is 18.1 Å². The van der Waals surface area contributed by atoms with E-state index in [0.717, 1.165) is 22.6 Å². The molecule has 26 heavy (non-hydrogen) atoms. The molecule has 3 rings (SSSR count). The van der Waals surface area contributed by atoms with Crippen LogP contribution in [0.5, 0.6) is 5.75 Å². The molecular formula is C19H22ClNO4S. The Labute approximate surface area is 159 Å². The highest BCUT2D eigenvalue weighted by molar-refractivity contribution is 7.89. The van der Waals surface area contributed by atoms with Gasteiger partial charge in [-0.15, -0.1) is 0 Å². The molecular weight excluding hydrogens is 374 g/mol. The van der Waals surface area contributed by atoms with Gasteiger partial charge in [-0.3, -0.25) is 0 Å². The Kier molecular flexibility index (Phi) is 6.19. The van der Waals surface area contributed by atoms with Crippen molar-refractivity contribution in [3.05, 3.63) is 58.6 Å². The molecule has 0 aromatic heterocycles. The van der Waals surface area contributed by atoms with Gasteiger partial charge in [-0.25, -0.2) is 8.42 Å². The van der Waals surface area contributed by atoms with Gasteiger partial charge in [0.05, 0.1) is 18.1 Å². The van der Waals surface area contributed by atoms with Crippen LogP contribution in [0, 0.1) is 0 Å². The van der Waals surface area contributed by atoms with Crippen LogP contribution in [0.25, 0.3) is 0 Å².